The Hall–Kier alpha value is -4.35. The smallest absolute Gasteiger partial charge is 0.328 e. The van der Waals surface area contributed by atoms with Crippen LogP contribution in [0, 0.1) is 17.8 Å². The fourth-order valence-electron chi connectivity index (χ4n) is 4.94. The normalized spacial score (nSPS) is 13.1. The van der Waals surface area contributed by atoms with Crippen molar-refractivity contribution >= 4 is 40.4 Å². The molecule has 0 aliphatic carbocycles. The van der Waals surface area contributed by atoms with Crippen LogP contribution in [0.4, 0.5) is 0 Å². The summed E-state index contributed by atoms with van der Waals surface area (Å²) in [5, 5.41) is 10.3. The van der Waals surface area contributed by atoms with Crippen molar-refractivity contribution in [2.45, 2.75) is 91.8 Å². The third-order valence-corrected chi connectivity index (χ3v) is 7.65. The van der Waals surface area contributed by atoms with E-state index in [-0.39, 0.29) is 42.7 Å². The Morgan fingerprint density at radius 1 is 0.646 bits per heavy atom. The van der Waals surface area contributed by atoms with Gasteiger partial charge in [-0.15, -0.1) is 0 Å². The fraction of sp³-hybridized carbons (Fsp3) is 0.583. The molecule has 0 spiro atoms. The van der Waals surface area contributed by atoms with Gasteiger partial charge >= 0.3 is 11.9 Å². The first-order chi connectivity index (χ1) is 22.7. The van der Waals surface area contributed by atoms with Crippen LogP contribution < -0.4 is 25.4 Å². The summed E-state index contributed by atoms with van der Waals surface area (Å²) < 4.78 is 21.1. The number of esters is 2. The molecule has 0 bridgehead atoms. The first-order valence-electron chi connectivity index (χ1n) is 16.6. The van der Waals surface area contributed by atoms with E-state index in [1.807, 2.05) is 64.1 Å². The number of rotatable bonds is 20. The van der Waals surface area contributed by atoms with Crippen LogP contribution in [-0.4, -0.2) is 75.2 Å². The van der Waals surface area contributed by atoms with Crippen molar-refractivity contribution in [2.24, 2.45) is 17.8 Å². The van der Waals surface area contributed by atoms with Gasteiger partial charge < -0.3 is 34.9 Å². The molecule has 0 fully saturated rings. The maximum atomic E-state index is 13.3. The number of nitrogens with one attached hydrogen (secondary N) is 3. The molecule has 0 unspecified atom stereocenters. The van der Waals surface area contributed by atoms with Crippen molar-refractivity contribution in [3.63, 3.8) is 0 Å². The van der Waals surface area contributed by atoms with E-state index in [4.69, 9.17) is 14.2 Å². The Morgan fingerprint density at radius 3 is 1.71 bits per heavy atom. The summed E-state index contributed by atoms with van der Waals surface area (Å²) in [5.41, 5.74) is 0. The summed E-state index contributed by atoms with van der Waals surface area (Å²) in [6, 6.07) is 8.81. The lowest BCUT2D eigenvalue weighted by molar-refractivity contribution is -0.146. The first-order valence-corrected chi connectivity index (χ1v) is 16.6. The minimum absolute atomic E-state index is 0.0750. The maximum absolute atomic E-state index is 13.3. The molecule has 0 saturated heterocycles. The van der Waals surface area contributed by atoms with Gasteiger partial charge in [0, 0.05) is 12.8 Å². The second-order valence-electron chi connectivity index (χ2n) is 12.9. The molecule has 266 valence electrons. The number of carbonyl (C=O) groups is 5. The van der Waals surface area contributed by atoms with Gasteiger partial charge in [0.05, 0.1) is 27.4 Å². The van der Waals surface area contributed by atoms with Crippen molar-refractivity contribution < 1.29 is 42.9 Å². The van der Waals surface area contributed by atoms with Crippen LogP contribution in [-0.2, 0) is 33.4 Å². The van der Waals surface area contributed by atoms with Crippen molar-refractivity contribution in [2.75, 3.05) is 27.4 Å². The van der Waals surface area contributed by atoms with Gasteiger partial charge in [-0.3, -0.25) is 19.2 Å². The zero-order valence-corrected chi connectivity index (χ0v) is 29.6. The Morgan fingerprint density at radius 2 is 1.21 bits per heavy atom. The van der Waals surface area contributed by atoms with E-state index in [1.165, 1.54) is 14.2 Å². The monoisotopic (exact) mass is 671 g/mol. The highest BCUT2D eigenvalue weighted by atomic mass is 16.5. The van der Waals surface area contributed by atoms with E-state index in [2.05, 4.69) is 20.7 Å². The molecular weight excluding hydrogens is 618 g/mol. The van der Waals surface area contributed by atoms with Crippen LogP contribution in [0.25, 0.3) is 10.8 Å². The number of hydrogen-bond acceptors (Lipinski definition) is 9. The molecule has 3 N–H and O–H groups in total. The van der Waals surface area contributed by atoms with Crippen LogP contribution in [0.5, 0.6) is 11.5 Å². The number of benzene rings is 2. The van der Waals surface area contributed by atoms with E-state index >= 15 is 0 Å². The standard InChI is InChI=1S/C36H53N3O9/c1-22(2)19-29(34(42)39-33(24(5)6)36(44)46-8)37-35(43)32(23(3)4)38-30(40)11-9-17-47-27-15-13-25-14-16-28(21-26(25)20-27)48-18-10-12-31(41)45-7/h13-16,20-24,29,32-33H,9-12,17-19H2,1-8H3,(H,37,43)(H,38,40)(H,39,42)/t29-,32-,33-/m0/s1. The lowest BCUT2D eigenvalue weighted by Crippen LogP contribution is -2.57. The van der Waals surface area contributed by atoms with Crippen LogP contribution in [0.15, 0.2) is 36.4 Å². The highest BCUT2D eigenvalue weighted by Crippen LogP contribution is 2.25. The van der Waals surface area contributed by atoms with Gasteiger partial charge in [-0.05, 0) is 72.1 Å². The zero-order valence-electron chi connectivity index (χ0n) is 29.6. The molecule has 0 heterocycles. The molecule has 2 aromatic carbocycles. The van der Waals surface area contributed by atoms with Crippen molar-refractivity contribution in [1.29, 1.82) is 0 Å². The average Bonchev–Trinajstić information content (AvgIpc) is 3.04. The summed E-state index contributed by atoms with van der Waals surface area (Å²) in [4.78, 5) is 62.8. The molecule has 3 atom stereocenters. The number of ether oxygens (including phenoxy) is 4. The summed E-state index contributed by atoms with van der Waals surface area (Å²) >= 11 is 0. The number of carbonyl (C=O) groups excluding carboxylic acids is 5. The van der Waals surface area contributed by atoms with Gasteiger partial charge in [0.1, 0.15) is 29.6 Å². The molecule has 48 heavy (non-hydrogen) atoms. The second kappa shape index (κ2) is 20.1. The largest absolute Gasteiger partial charge is 0.494 e. The third-order valence-electron chi connectivity index (χ3n) is 7.65. The van der Waals surface area contributed by atoms with Crippen LogP contribution in [0.2, 0.25) is 0 Å². The SMILES string of the molecule is COC(=O)CCCOc1ccc2ccc(OCCCC(=O)N[C@H](C(=O)N[C@@H](CC(C)C)C(=O)N[C@H](C(=O)OC)C(C)C)C(C)C)cc2c1. The number of fused-ring (bicyclic) bond motifs is 1. The van der Waals surface area contributed by atoms with Crippen LogP contribution >= 0.6 is 0 Å². The molecule has 0 aliphatic rings. The van der Waals surface area contributed by atoms with E-state index in [0.29, 0.717) is 43.8 Å². The fourth-order valence-corrected chi connectivity index (χ4v) is 4.94. The summed E-state index contributed by atoms with van der Waals surface area (Å²) in [6.07, 6.45) is 1.75. The number of methoxy groups -OCH3 is 2. The molecule has 2 aromatic rings. The molecule has 2 rings (SSSR count). The molecule has 3 amide bonds. The Balaban J connectivity index is 1.92. The molecule has 0 saturated carbocycles. The minimum Gasteiger partial charge on any atom is -0.494 e. The molecule has 0 radical (unpaired) electrons. The van der Waals surface area contributed by atoms with Gasteiger partial charge in [-0.25, -0.2) is 4.79 Å². The molecule has 0 aliphatic heterocycles. The lowest BCUT2D eigenvalue weighted by atomic mass is 9.98. The lowest BCUT2D eigenvalue weighted by Gasteiger charge is -2.28. The van der Waals surface area contributed by atoms with Gasteiger partial charge in [0.15, 0.2) is 0 Å². The number of hydrogen-bond donors (Lipinski definition) is 3. The third kappa shape index (κ3) is 13.4. The van der Waals surface area contributed by atoms with Crippen LogP contribution in [0.3, 0.4) is 0 Å². The van der Waals surface area contributed by atoms with E-state index < -0.39 is 35.9 Å². The van der Waals surface area contributed by atoms with Gasteiger partial charge in [-0.1, -0.05) is 53.7 Å². The Labute approximate surface area is 284 Å². The minimum atomic E-state index is -0.897. The summed E-state index contributed by atoms with van der Waals surface area (Å²) in [5.74, 6) is -1.16. The van der Waals surface area contributed by atoms with E-state index in [0.717, 1.165) is 10.8 Å². The van der Waals surface area contributed by atoms with Gasteiger partial charge in [-0.2, -0.15) is 0 Å². The van der Waals surface area contributed by atoms with Gasteiger partial charge in [0.2, 0.25) is 17.7 Å². The first kappa shape index (κ1) is 39.8. The Kier molecular flexibility index (Phi) is 16.7. The van der Waals surface area contributed by atoms with Gasteiger partial charge in [0.25, 0.3) is 0 Å². The maximum Gasteiger partial charge on any atom is 0.328 e. The molecule has 0 aromatic heterocycles. The molecule has 12 nitrogen and oxygen atoms in total. The predicted molar refractivity (Wildman–Crippen MR) is 182 cm³/mol. The summed E-state index contributed by atoms with van der Waals surface area (Å²) in [6.45, 7) is 11.7. The van der Waals surface area contributed by atoms with Crippen molar-refractivity contribution in [1.82, 2.24) is 16.0 Å². The van der Waals surface area contributed by atoms with E-state index in [1.54, 1.807) is 13.8 Å². The zero-order chi connectivity index (χ0) is 35.8. The highest BCUT2D eigenvalue weighted by molar-refractivity contribution is 5.93. The number of amides is 3. The predicted octanol–water partition coefficient (Wildman–Crippen LogP) is 4.32. The highest BCUT2D eigenvalue weighted by Gasteiger charge is 2.32. The van der Waals surface area contributed by atoms with Crippen molar-refractivity contribution in [3.8, 4) is 11.5 Å². The van der Waals surface area contributed by atoms with Crippen molar-refractivity contribution in [3.05, 3.63) is 36.4 Å². The Bertz CT molecular complexity index is 1380. The van der Waals surface area contributed by atoms with E-state index in [9.17, 15) is 24.0 Å². The molecule has 12 heteroatoms. The second-order valence-corrected chi connectivity index (χ2v) is 12.9. The quantitative estimate of drug-likeness (QED) is 0.138. The average molecular weight is 672 g/mol. The summed E-state index contributed by atoms with van der Waals surface area (Å²) in [7, 11) is 2.62. The molecular formula is C36H53N3O9. The van der Waals surface area contributed by atoms with Crippen LogP contribution in [0.1, 0.15) is 73.6 Å². The topological polar surface area (TPSA) is 158 Å².